The molecule has 1 rings (SSSR count). The Morgan fingerprint density at radius 3 is 2.93 bits per heavy atom. The Morgan fingerprint density at radius 1 is 1.64 bits per heavy atom. The summed E-state index contributed by atoms with van der Waals surface area (Å²) in [6.07, 6.45) is 0. The van der Waals surface area contributed by atoms with Crippen LogP contribution in [0.15, 0.2) is 0 Å². The second-order valence-corrected chi connectivity index (χ2v) is 5.33. The number of alkyl halides is 1. The highest BCUT2D eigenvalue weighted by molar-refractivity contribution is 7.84. The Hall–Kier alpha value is -0.490. The molecule has 2 unspecified atom stereocenters. The molecule has 1 heterocycles. The van der Waals surface area contributed by atoms with Crippen LogP contribution in [0.4, 0.5) is 0 Å². The third kappa shape index (κ3) is 3.02. The van der Waals surface area contributed by atoms with E-state index in [0.29, 0.717) is 23.9 Å². The molecular weight excluding hydrogens is 224 g/mol. The molecule has 80 valence electrons. The highest BCUT2D eigenvalue weighted by atomic mass is 35.5. The fourth-order valence-corrected chi connectivity index (χ4v) is 1.81. The minimum atomic E-state index is -0.793. The molecule has 0 aromatic carbocycles. The maximum atomic E-state index is 11.2. The lowest BCUT2D eigenvalue weighted by atomic mass is 10.4. The molecule has 2 atom stereocenters. The number of aryl methyl sites for hydroxylation is 1. The average Bonchev–Trinajstić information content (AvgIpc) is 2.62. The van der Waals surface area contributed by atoms with E-state index in [1.165, 1.54) is 0 Å². The van der Waals surface area contributed by atoms with E-state index in [-0.39, 0.29) is 5.38 Å². The third-order valence-corrected chi connectivity index (χ3v) is 3.25. The van der Waals surface area contributed by atoms with Gasteiger partial charge in [0.05, 0.1) is 11.9 Å². The lowest BCUT2D eigenvalue weighted by molar-refractivity contribution is 0.595. The Labute approximate surface area is 90.3 Å². The molecular formula is C7H13ClN4OS. The van der Waals surface area contributed by atoms with Crippen LogP contribution in [0.3, 0.4) is 0 Å². The molecule has 0 spiro atoms. The SMILES string of the molecule is CCS(=O)CCn1nnnc1C(C)Cl. The summed E-state index contributed by atoms with van der Waals surface area (Å²) in [5.74, 6) is 1.85. The smallest absolute Gasteiger partial charge is 0.168 e. The van der Waals surface area contributed by atoms with Crippen LogP contribution < -0.4 is 0 Å². The van der Waals surface area contributed by atoms with Crippen molar-refractivity contribution in [2.45, 2.75) is 25.8 Å². The molecule has 1 aromatic rings. The van der Waals surface area contributed by atoms with Crippen LogP contribution in [0.2, 0.25) is 0 Å². The topological polar surface area (TPSA) is 60.7 Å². The van der Waals surface area contributed by atoms with Gasteiger partial charge in [0.15, 0.2) is 5.82 Å². The molecule has 1 aromatic heterocycles. The lowest BCUT2D eigenvalue weighted by Crippen LogP contribution is -2.13. The fourth-order valence-electron chi connectivity index (χ4n) is 0.988. The maximum absolute atomic E-state index is 11.2. The molecule has 14 heavy (non-hydrogen) atoms. The number of tetrazole rings is 1. The van der Waals surface area contributed by atoms with Gasteiger partial charge in [-0.05, 0) is 17.4 Å². The van der Waals surface area contributed by atoms with Crippen molar-refractivity contribution >= 4 is 22.4 Å². The third-order valence-electron chi connectivity index (χ3n) is 1.77. The number of hydrogen-bond donors (Lipinski definition) is 0. The van der Waals surface area contributed by atoms with Crippen LogP contribution in [-0.4, -0.2) is 35.9 Å². The monoisotopic (exact) mass is 236 g/mol. The molecule has 0 aliphatic rings. The van der Waals surface area contributed by atoms with E-state index in [2.05, 4.69) is 15.5 Å². The normalized spacial score (nSPS) is 15.4. The molecule has 0 saturated heterocycles. The van der Waals surface area contributed by atoms with E-state index in [1.807, 2.05) is 6.92 Å². The van der Waals surface area contributed by atoms with Gasteiger partial charge >= 0.3 is 0 Å². The molecule has 0 fully saturated rings. The van der Waals surface area contributed by atoms with Gasteiger partial charge in [-0.3, -0.25) is 4.21 Å². The van der Waals surface area contributed by atoms with Crippen LogP contribution in [0.1, 0.15) is 25.0 Å². The van der Waals surface area contributed by atoms with E-state index in [0.717, 1.165) is 0 Å². The van der Waals surface area contributed by atoms with Gasteiger partial charge in [0, 0.05) is 22.3 Å². The number of aromatic nitrogens is 4. The minimum Gasteiger partial charge on any atom is -0.260 e. The number of hydrogen-bond acceptors (Lipinski definition) is 4. The Bertz CT molecular complexity index is 314. The summed E-state index contributed by atoms with van der Waals surface area (Å²) in [5, 5.41) is 10.9. The van der Waals surface area contributed by atoms with Gasteiger partial charge in [0.1, 0.15) is 0 Å². The van der Waals surface area contributed by atoms with Crippen LogP contribution in [0.25, 0.3) is 0 Å². The largest absolute Gasteiger partial charge is 0.260 e. The van der Waals surface area contributed by atoms with Gasteiger partial charge in [0.2, 0.25) is 0 Å². The molecule has 0 aliphatic heterocycles. The summed E-state index contributed by atoms with van der Waals surface area (Å²) in [7, 11) is -0.793. The molecule has 5 nitrogen and oxygen atoms in total. The molecule has 0 N–H and O–H groups in total. The predicted octanol–water partition coefficient (Wildman–Crippen LogP) is 0.741. The van der Waals surface area contributed by atoms with E-state index in [1.54, 1.807) is 11.6 Å². The van der Waals surface area contributed by atoms with E-state index in [9.17, 15) is 4.21 Å². The van der Waals surface area contributed by atoms with E-state index >= 15 is 0 Å². The molecule has 0 bridgehead atoms. The number of halogens is 1. The molecule has 0 aliphatic carbocycles. The second-order valence-electron chi connectivity index (χ2n) is 2.81. The quantitative estimate of drug-likeness (QED) is 0.708. The summed E-state index contributed by atoms with van der Waals surface area (Å²) in [5.41, 5.74) is 0. The molecule has 7 heteroatoms. The average molecular weight is 237 g/mol. The number of nitrogens with zero attached hydrogens (tertiary/aromatic N) is 4. The zero-order valence-corrected chi connectivity index (χ0v) is 9.75. The van der Waals surface area contributed by atoms with Crippen LogP contribution in [0, 0.1) is 0 Å². The van der Waals surface area contributed by atoms with Gasteiger partial charge in [-0.15, -0.1) is 16.7 Å². The molecule has 0 amide bonds. The molecule has 0 radical (unpaired) electrons. The van der Waals surface area contributed by atoms with Crippen molar-refractivity contribution in [2.75, 3.05) is 11.5 Å². The predicted molar refractivity (Wildman–Crippen MR) is 55.6 cm³/mol. The van der Waals surface area contributed by atoms with Crippen molar-refractivity contribution in [3.63, 3.8) is 0 Å². The second kappa shape index (κ2) is 5.41. The molecule has 0 saturated carbocycles. The first-order valence-electron chi connectivity index (χ1n) is 4.40. The summed E-state index contributed by atoms with van der Waals surface area (Å²) in [4.78, 5) is 0. The Kier molecular flexibility index (Phi) is 4.47. The highest BCUT2D eigenvalue weighted by Crippen LogP contribution is 2.14. The van der Waals surface area contributed by atoms with Crippen molar-refractivity contribution in [1.82, 2.24) is 20.2 Å². The van der Waals surface area contributed by atoms with E-state index in [4.69, 9.17) is 11.6 Å². The van der Waals surface area contributed by atoms with Crippen molar-refractivity contribution in [3.8, 4) is 0 Å². The first kappa shape index (κ1) is 11.6. The fraction of sp³-hybridized carbons (Fsp3) is 0.857. The van der Waals surface area contributed by atoms with Crippen molar-refractivity contribution < 1.29 is 4.21 Å². The maximum Gasteiger partial charge on any atom is 0.168 e. The summed E-state index contributed by atoms with van der Waals surface area (Å²) in [6, 6.07) is 0. The van der Waals surface area contributed by atoms with Crippen LogP contribution in [-0.2, 0) is 17.3 Å². The Morgan fingerprint density at radius 2 is 2.36 bits per heavy atom. The van der Waals surface area contributed by atoms with E-state index < -0.39 is 10.8 Å². The van der Waals surface area contributed by atoms with Crippen molar-refractivity contribution in [2.24, 2.45) is 0 Å². The van der Waals surface area contributed by atoms with Crippen molar-refractivity contribution in [1.29, 1.82) is 0 Å². The Balaban J connectivity index is 2.58. The highest BCUT2D eigenvalue weighted by Gasteiger charge is 2.11. The first-order valence-corrected chi connectivity index (χ1v) is 6.32. The van der Waals surface area contributed by atoms with Gasteiger partial charge in [0.25, 0.3) is 0 Å². The number of rotatable bonds is 5. The van der Waals surface area contributed by atoms with Crippen molar-refractivity contribution in [3.05, 3.63) is 5.82 Å². The standard InChI is InChI=1S/C7H13ClN4OS/c1-3-14(13)5-4-12-7(6(2)8)9-10-11-12/h6H,3-5H2,1-2H3. The summed E-state index contributed by atoms with van der Waals surface area (Å²) >= 11 is 5.86. The van der Waals surface area contributed by atoms with Gasteiger partial charge in [-0.25, -0.2) is 4.68 Å². The summed E-state index contributed by atoms with van der Waals surface area (Å²) in [6.45, 7) is 4.25. The van der Waals surface area contributed by atoms with Crippen LogP contribution >= 0.6 is 11.6 Å². The summed E-state index contributed by atoms with van der Waals surface area (Å²) < 4.78 is 12.8. The van der Waals surface area contributed by atoms with Gasteiger partial charge in [-0.1, -0.05) is 6.92 Å². The lowest BCUT2D eigenvalue weighted by Gasteiger charge is -2.04. The zero-order chi connectivity index (χ0) is 10.6. The minimum absolute atomic E-state index is 0.222. The zero-order valence-electron chi connectivity index (χ0n) is 8.18. The van der Waals surface area contributed by atoms with Gasteiger partial charge < -0.3 is 0 Å². The van der Waals surface area contributed by atoms with Gasteiger partial charge in [-0.2, -0.15) is 0 Å². The first-order chi connectivity index (χ1) is 6.65. The van der Waals surface area contributed by atoms with Crippen LogP contribution in [0.5, 0.6) is 0 Å².